The molecule has 3 heterocycles. The van der Waals surface area contributed by atoms with E-state index in [0.717, 1.165) is 28.1 Å². The van der Waals surface area contributed by atoms with Gasteiger partial charge in [-0.1, -0.05) is 35.9 Å². The number of aromatic nitrogens is 3. The molecule has 31 heavy (non-hydrogen) atoms. The maximum absolute atomic E-state index is 4.58. The summed E-state index contributed by atoms with van der Waals surface area (Å²) in [5.74, 6) is 0.836. The van der Waals surface area contributed by atoms with Gasteiger partial charge in [0.05, 0.1) is 5.39 Å². The molecule has 0 saturated heterocycles. The molecule has 0 saturated carbocycles. The number of hydrogen-bond donors (Lipinski definition) is 1. The average molecular weight is 423 g/mol. The lowest BCUT2D eigenvalue weighted by Gasteiger charge is -2.11. The maximum atomic E-state index is 4.58. The van der Waals surface area contributed by atoms with E-state index >= 15 is 0 Å². The number of anilines is 2. The maximum Gasteiger partial charge on any atom is 0.143 e. The van der Waals surface area contributed by atoms with Crippen molar-refractivity contribution in [1.29, 1.82) is 0 Å². The molecule has 0 fully saturated rings. The van der Waals surface area contributed by atoms with E-state index in [1.54, 1.807) is 17.7 Å². The second-order valence-corrected chi connectivity index (χ2v) is 8.58. The first kappa shape index (κ1) is 19.4. The van der Waals surface area contributed by atoms with E-state index in [1.165, 1.54) is 33.4 Å². The number of rotatable bonds is 5. The predicted octanol–water partition coefficient (Wildman–Crippen LogP) is 6.70. The van der Waals surface area contributed by atoms with Gasteiger partial charge in [0.2, 0.25) is 0 Å². The molecule has 0 aliphatic heterocycles. The van der Waals surface area contributed by atoms with Crippen LogP contribution < -0.4 is 5.32 Å². The van der Waals surface area contributed by atoms with E-state index in [1.807, 2.05) is 12.4 Å². The van der Waals surface area contributed by atoms with E-state index in [9.17, 15) is 0 Å². The first-order valence-electron chi connectivity index (χ1n) is 10.2. The molecular formula is C26H22N4S. The summed E-state index contributed by atoms with van der Waals surface area (Å²) in [5, 5.41) is 6.76. The van der Waals surface area contributed by atoms with Crippen molar-refractivity contribution in [2.45, 2.75) is 20.3 Å². The Morgan fingerprint density at radius 3 is 2.39 bits per heavy atom. The van der Waals surface area contributed by atoms with E-state index in [2.05, 4.69) is 94.1 Å². The Morgan fingerprint density at radius 2 is 1.61 bits per heavy atom. The standard InChI is InChI=1S/C26H22N4S/c1-17-3-8-22(18(2)13-17)23-15-31-26-24(23)25(28-16-29-26)30-21-6-4-19(5-7-21)14-20-9-11-27-12-10-20/h3-13,15-16H,14H2,1-2H3,(H,28,29,30). The summed E-state index contributed by atoms with van der Waals surface area (Å²) in [6.45, 7) is 4.28. The fourth-order valence-electron chi connectivity index (χ4n) is 3.86. The van der Waals surface area contributed by atoms with E-state index in [-0.39, 0.29) is 0 Å². The van der Waals surface area contributed by atoms with Crippen LogP contribution in [0.2, 0.25) is 0 Å². The van der Waals surface area contributed by atoms with E-state index < -0.39 is 0 Å². The third-order valence-electron chi connectivity index (χ3n) is 5.42. The van der Waals surface area contributed by atoms with Crippen LogP contribution in [0.4, 0.5) is 11.5 Å². The molecule has 0 aliphatic rings. The van der Waals surface area contributed by atoms with Crippen LogP contribution in [0.25, 0.3) is 21.3 Å². The van der Waals surface area contributed by atoms with Crippen molar-refractivity contribution < 1.29 is 0 Å². The Kier molecular flexibility index (Phi) is 5.18. The lowest BCUT2D eigenvalue weighted by Crippen LogP contribution is -1.96. The normalized spacial score (nSPS) is 11.0. The fourth-order valence-corrected chi connectivity index (χ4v) is 4.77. The third kappa shape index (κ3) is 4.05. The summed E-state index contributed by atoms with van der Waals surface area (Å²) in [7, 11) is 0. The minimum absolute atomic E-state index is 0.836. The molecule has 0 atom stereocenters. The van der Waals surface area contributed by atoms with Crippen molar-refractivity contribution in [3.05, 3.63) is 101 Å². The molecule has 0 unspecified atom stereocenters. The third-order valence-corrected chi connectivity index (χ3v) is 6.30. The van der Waals surface area contributed by atoms with Crippen molar-refractivity contribution in [3.63, 3.8) is 0 Å². The fraction of sp³-hybridized carbons (Fsp3) is 0.115. The molecule has 1 N–H and O–H groups in total. The van der Waals surface area contributed by atoms with Gasteiger partial charge in [0.1, 0.15) is 17.0 Å². The van der Waals surface area contributed by atoms with Gasteiger partial charge in [-0.05, 0) is 66.8 Å². The van der Waals surface area contributed by atoms with Gasteiger partial charge in [0.15, 0.2) is 0 Å². The number of nitrogens with zero attached hydrogens (tertiary/aromatic N) is 3. The highest BCUT2D eigenvalue weighted by Gasteiger charge is 2.15. The van der Waals surface area contributed by atoms with Crippen LogP contribution in [0.3, 0.4) is 0 Å². The highest BCUT2D eigenvalue weighted by Crippen LogP contribution is 2.38. The lowest BCUT2D eigenvalue weighted by atomic mass is 9.99. The summed E-state index contributed by atoms with van der Waals surface area (Å²) >= 11 is 1.65. The summed E-state index contributed by atoms with van der Waals surface area (Å²) in [6, 6.07) is 19.2. The zero-order valence-electron chi connectivity index (χ0n) is 17.5. The molecule has 3 aromatic heterocycles. The van der Waals surface area contributed by atoms with Crippen molar-refractivity contribution in [2.75, 3.05) is 5.32 Å². The van der Waals surface area contributed by atoms with Gasteiger partial charge in [-0.3, -0.25) is 4.98 Å². The van der Waals surface area contributed by atoms with E-state index in [4.69, 9.17) is 0 Å². The second-order valence-electron chi connectivity index (χ2n) is 7.72. The van der Waals surface area contributed by atoms with Crippen molar-refractivity contribution in [3.8, 4) is 11.1 Å². The molecule has 0 aliphatic carbocycles. The highest BCUT2D eigenvalue weighted by molar-refractivity contribution is 7.17. The number of nitrogens with one attached hydrogen (secondary N) is 1. The second kappa shape index (κ2) is 8.28. The zero-order chi connectivity index (χ0) is 21.2. The number of pyridine rings is 1. The van der Waals surface area contributed by atoms with Gasteiger partial charge in [0.25, 0.3) is 0 Å². The molecule has 2 aromatic carbocycles. The van der Waals surface area contributed by atoms with Gasteiger partial charge in [-0.15, -0.1) is 11.3 Å². The molecule has 0 amide bonds. The first-order valence-corrected chi connectivity index (χ1v) is 11.1. The van der Waals surface area contributed by atoms with Crippen LogP contribution in [0, 0.1) is 13.8 Å². The molecule has 5 heteroatoms. The summed E-state index contributed by atoms with van der Waals surface area (Å²) in [4.78, 5) is 14.1. The smallest absolute Gasteiger partial charge is 0.143 e. The Morgan fingerprint density at radius 1 is 0.839 bits per heavy atom. The van der Waals surface area contributed by atoms with Crippen molar-refractivity contribution in [2.24, 2.45) is 0 Å². The Hall–Kier alpha value is -3.57. The van der Waals surface area contributed by atoms with Crippen LogP contribution in [-0.2, 0) is 6.42 Å². The molecule has 0 spiro atoms. The molecule has 5 rings (SSSR count). The van der Waals surface area contributed by atoms with Crippen LogP contribution in [0.5, 0.6) is 0 Å². The minimum atomic E-state index is 0.836. The molecule has 0 radical (unpaired) electrons. The lowest BCUT2D eigenvalue weighted by molar-refractivity contribution is 1.16. The van der Waals surface area contributed by atoms with Gasteiger partial charge in [-0.2, -0.15) is 0 Å². The Labute approximate surface area is 185 Å². The number of benzene rings is 2. The summed E-state index contributed by atoms with van der Waals surface area (Å²) in [6.07, 6.45) is 6.19. The summed E-state index contributed by atoms with van der Waals surface area (Å²) < 4.78 is 0. The van der Waals surface area contributed by atoms with Crippen LogP contribution in [0.1, 0.15) is 22.3 Å². The van der Waals surface area contributed by atoms with Gasteiger partial charge in [0, 0.05) is 29.0 Å². The monoisotopic (exact) mass is 422 g/mol. The minimum Gasteiger partial charge on any atom is -0.340 e. The average Bonchev–Trinajstić information content (AvgIpc) is 3.21. The molecule has 152 valence electrons. The van der Waals surface area contributed by atoms with Gasteiger partial charge < -0.3 is 5.32 Å². The number of aryl methyl sites for hydroxylation is 2. The molecule has 4 nitrogen and oxygen atoms in total. The van der Waals surface area contributed by atoms with Gasteiger partial charge >= 0.3 is 0 Å². The molecule has 0 bridgehead atoms. The largest absolute Gasteiger partial charge is 0.340 e. The SMILES string of the molecule is Cc1ccc(-c2csc3ncnc(Nc4ccc(Cc5ccncc5)cc4)c23)c(C)c1. The Bertz CT molecular complexity index is 1340. The molecule has 5 aromatic rings. The van der Waals surface area contributed by atoms with Crippen LogP contribution >= 0.6 is 11.3 Å². The van der Waals surface area contributed by atoms with Gasteiger partial charge in [-0.25, -0.2) is 9.97 Å². The van der Waals surface area contributed by atoms with Crippen molar-refractivity contribution >= 4 is 33.1 Å². The zero-order valence-corrected chi connectivity index (χ0v) is 18.3. The number of fused-ring (bicyclic) bond motifs is 1. The first-order chi connectivity index (χ1) is 15.2. The number of thiophene rings is 1. The number of hydrogen-bond acceptors (Lipinski definition) is 5. The van der Waals surface area contributed by atoms with Crippen LogP contribution in [-0.4, -0.2) is 15.0 Å². The van der Waals surface area contributed by atoms with E-state index in [0.29, 0.717) is 0 Å². The topological polar surface area (TPSA) is 50.7 Å². The predicted molar refractivity (Wildman–Crippen MR) is 129 cm³/mol. The summed E-state index contributed by atoms with van der Waals surface area (Å²) in [5.41, 5.74) is 8.45. The highest BCUT2D eigenvalue weighted by atomic mass is 32.1. The quantitative estimate of drug-likeness (QED) is 0.342. The van der Waals surface area contributed by atoms with Crippen LogP contribution in [0.15, 0.2) is 78.7 Å². The van der Waals surface area contributed by atoms with Crippen molar-refractivity contribution in [1.82, 2.24) is 15.0 Å². The Balaban J connectivity index is 1.46. The molecular weight excluding hydrogens is 400 g/mol.